The molecule has 0 aromatic heterocycles. The molecule has 1 atom stereocenters. The van der Waals surface area contributed by atoms with Gasteiger partial charge in [-0.2, -0.15) is 5.26 Å². The predicted molar refractivity (Wildman–Crippen MR) is 66.9 cm³/mol. The maximum atomic E-state index is 9.01. The first kappa shape index (κ1) is 12.7. The molecule has 0 heterocycles. The van der Waals surface area contributed by atoms with Crippen molar-refractivity contribution in [2.24, 2.45) is 5.92 Å². The molecule has 0 aliphatic heterocycles. The molecule has 0 amide bonds. The maximum absolute atomic E-state index is 9.01. The Balaban J connectivity index is 2.77. The van der Waals surface area contributed by atoms with Crippen LogP contribution in [0.1, 0.15) is 31.9 Å². The lowest BCUT2D eigenvalue weighted by molar-refractivity contribution is 0.200. The molecular formula is C14H20N2. The maximum Gasteiger partial charge on any atom is 0.0995 e. The van der Waals surface area contributed by atoms with Gasteiger partial charge in [0.05, 0.1) is 11.6 Å². The van der Waals surface area contributed by atoms with E-state index in [0.29, 0.717) is 12.0 Å². The third-order valence-corrected chi connectivity index (χ3v) is 3.22. The Morgan fingerprint density at radius 2 is 1.88 bits per heavy atom. The summed E-state index contributed by atoms with van der Waals surface area (Å²) in [6.07, 6.45) is 0. The van der Waals surface area contributed by atoms with Gasteiger partial charge in [-0.3, -0.25) is 4.90 Å². The molecule has 0 bridgehead atoms. The molecule has 0 saturated heterocycles. The quantitative estimate of drug-likeness (QED) is 0.773. The fourth-order valence-electron chi connectivity index (χ4n) is 1.69. The monoisotopic (exact) mass is 216 g/mol. The fraction of sp³-hybridized carbons (Fsp3) is 0.500. The van der Waals surface area contributed by atoms with Crippen LogP contribution >= 0.6 is 0 Å². The summed E-state index contributed by atoms with van der Waals surface area (Å²) in [5.41, 5.74) is 1.89. The van der Waals surface area contributed by atoms with Crippen LogP contribution in [0.3, 0.4) is 0 Å². The molecule has 86 valence electrons. The molecule has 2 nitrogen and oxygen atoms in total. The van der Waals surface area contributed by atoms with Crippen molar-refractivity contribution in [2.75, 3.05) is 7.05 Å². The molecule has 1 aromatic rings. The molecule has 0 aliphatic carbocycles. The van der Waals surface area contributed by atoms with Crippen molar-refractivity contribution in [3.05, 3.63) is 35.4 Å². The number of hydrogen-bond donors (Lipinski definition) is 0. The summed E-state index contributed by atoms with van der Waals surface area (Å²) in [5.74, 6) is 0.624. The second-order valence-electron chi connectivity index (χ2n) is 4.67. The Labute approximate surface area is 98.5 Å². The zero-order valence-electron chi connectivity index (χ0n) is 10.6. The van der Waals surface area contributed by atoms with Gasteiger partial charge in [-0.05, 0) is 31.5 Å². The normalized spacial score (nSPS) is 12.8. The van der Waals surface area contributed by atoms with Gasteiger partial charge < -0.3 is 0 Å². The van der Waals surface area contributed by atoms with Gasteiger partial charge >= 0.3 is 0 Å². The van der Waals surface area contributed by atoms with E-state index in [1.54, 1.807) is 0 Å². The predicted octanol–water partition coefficient (Wildman–Crippen LogP) is 3.03. The van der Waals surface area contributed by atoms with Gasteiger partial charge in [0.1, 0.15) is 0 Å². The molecule has 0 saturated carbocycles. The van der Waals surface area contributed by atoms with Gasteiger partial charge in [0, 0.05) is 12.6 Å². The van der Waals surface area contributed by atoms with Gasteiger partial charge in [-0.1, -0.05) is 32.0 Å². The smallest absolute Gasteiger partial charge is 0.0995 e. The largest absolute Gasteiger partial charge is 0.299 e. The first-order chi connectivity index (χ1) is 7.56. The van der Waals surface area contributed by atoms with Crippen molar-refractivity contribution >= 4 is 0 Å². The zero-order valence-corrected chi connectivity index (χ0v) is 10.6. The highest BCUT2D eigenvalue weighted by Crippen LogP contribution is 2.14. The minimum Gasteiger partial charge on any atom is -0.299 e. The van der Waals surface area contributed by atoms with Crippen molar-refractivity contribution in [2.45, 2.75) is 33.4 Å². The van der Waals surface area contributed by atoms with Crippen LogP contribution in [0.5, 0.6) is 0 Å². The topological polar surface area (TPSA) is 27.0 Å². The minimum atomic E-state index is 0.520. The second-order valence-corrected chi connectivity index (χ2v) is 4.67. The van der Waals surface area contributed by atoms with Crippen LogP contribution in [0.4, 0.5) is 0 Å². The first-order valence-electron chi connectivity index (χ1n) is 5.74. The molecule has 0 aliphatic rings. The first-order valence-corrected chi connectivity index (χ1v) is 5.74. The van der Waals surface area contributed by atoms with Crippen LogP contribution in [-0.4, -0.2) is 18.0 Å². The Morgan fingerprint density at radius 3 is 2.44 bits per heavy atom. The van der Waals surface area contributed by atoms with Gasteiger partial charge in [-0.25, -0.2) is 0 Å². The van der Waals surface area contributed by atoms with Gasteiger partial charge in [-0.15, -0.1) is 0 Å². The van der Waals surface area contributed by atoms with Crippen molar-refractivity contribution in [1.29, 1.82) is 5.26 Å². The molecule has 1 unspecified atom stereocenters. The molecule has 0 spiro atoms. The number of nitrogens with zero attached hydrogens (tertiary/aromatic N) is 2. The number of rotatable bonds is 4. The molecule has 0 N–H and O–H groups in total. The molecule has 16 heavy (non-hydrogen) atoms. The third kappa shape index (κ3) is 3.08. The molecule has 1 rings (SSSR count). The third-order valence-electron chi connectivity index (χ3n) is 3.22. The van der Waals surface area contributed by atoms with E-state index >= 15 is 0 Å². The molecule has 2 heteroatoms. The SMILES string of the molecule is CC(C)C(C)N(C)Cc1ccccc1C#N. The Morgan fingerprint density at radius 1 is 1.25 bits per heavy atom. The van der Waals surface area contributed by atoms with Gasteiger partial charge in [0.2, 0.25) is 0 Å². The van der Waals surface area contributed by atoms with Crippen molar-refractivity contribution in [3.8, 4) is 6.07 Å². The number of nitriles is 1. The van der Waals surface area contributed by atoms with E-state index in [4.69, 9.17) is 5.26 Å². The van der Waals surface area contributed by atoms with Crippen LogP contribution in [0, 0.1) is 17.2 Å². The van der Waals surface area contributed by atoms with Crippen LogP contribution < -0.4 is 0 Å². The van der Waals surface area contributed by atoms with Crippen LogP contribution in [0.15, 0.2) is 24.3 Å². The van der Waals surface area contributed by atoms with E-state index in [9.17, 15) is 0 Å². The van der Waals surface area contributed by atoms with Crippen LogP contribution in [0.25, 0.3) is 0 Å². The number of benzene rings is 1. The zero-order chi connectivity index (χ0) is 12.1. The summed E-state index contributed by atoms with van der Waals surface area (Å²) in [6.45, 7) is 7.50. The highest BCUT2D eigenvalue weighted by atomic mass is 15.1. The van der Waals surface area contributed by atoms with E-state index in [2.05, 4.69) is 38.8 Å². The lowest BCUT2D eigenvalue weighted by atomic mass is 10.0. The molecule has 1 aromatic carbocycles. The Kier molecular flexibility index (Phi) is 4.52. The summed E-state index contributed by atoms with van der Waals surface area (Å²) >= 11 is 0. The Bertz CT molecular complexity index is 377. The lowest BCUT2D eigenvalue weighted by Gasteiger charge is -2.28. The van der Waals surface area contributed by atoms with Crippen molar-refractivity contribution in [3.63, 3.8) is 0 Å². The van der Waals surface area contributed by atoms with Crippen LogP contribution in [-0.2, 0) is 6.54 Å². The molecule has 0 radical (unpaired) electrons. The Hall–Kier alpha value is -1.33. The van der Waals surface area contributed by atoms with E-state index in [1.807, 2.05) is 24.3 Å². The standard InChI is InChI=1S/C14H20N2/c1-11(2)12(3)16(4)10-14-8-6-5-7-13(14)9-15/h5-8,11-12H,10H2,1-4H3. The lowest BCUT2D eigenvalue weighted by Crippen LogP contribution is -2.32. The van der Waals surface area contributed by atoms with E-state index in [-0.39, 0.29) is 0 Å². The van der Waals surface area contributed by atoms with Crippen LogP contribution in [0.2, 0.25) is 0 Å². The highest BCUT2D eigenvalue weighted by Gasteiger charge is 2.14. The van der Waals surface area contributed by atoms with Gasteiger partial charge in [0.25, 0.3) is 0 Å². The van der Waals surface area contributed by atoms with E-state index in [0.717, 1.165) is 17.7 Å². The highest BCUT2D eigenvalue weighted by molar-refractivity contribution is 5.37. The summed E-state index contributed by atoms with van der Waals surface area (Å²) < 4.78 is 0. The number of hydrogen-bond acceptors (Lipinski definition) is 2. The van der Waals surface area contributed by atoms with Crippen molar-refractivity contribution < 1.29 is 0 Å². The summed E-state index contributed by atoms with van der Waals surface area (Å²) in [6, 6.07) is 10.6. The van der Waals surface area contributed by atoms with Gasteiger partial charge in [0.15, 0.2) is 0 Å². The average molecular weight is 216 g/mol. The molecule has 0 fully saturated rings. The minimum absolute atomic E-state index is 0.520. The van der Waals surface area contributed by atoms with E-state index < -0.39 is 0 Å². The molecular weight excluding hydrogens is 196 g/mol. The second kappa shape index (κ2) is 5.67. The summed E-state index contributed by atoms with van der Waals surface area (Å²) in [7, 11) is 2.11. The summed E-state index contributed by atoms with van der Waals surface area (Å²) in [4.78, 5) is 2.29. The van der Waals surface area contributed by atoms with E-state index in [1.165, 1.54) is 0 Å². The fourth-order valence-corrected chi connectivity index (χ4v) is 1.69. The van der Waals surface area contributed by atoms with Crippen molar-refractivity contribution in [1.82, 2.24) is 4.90 Å². The average Bonchev–Trinajstić information content (AvgIpc) is 2.28. The summed E-state index contributed by atoms with van der Waals surface area (Å²) in [5, 5.41) is 9.01.